The van der Waals surface area contributed by atoms with Crippen LogP contribution in [0.25, 0.3) is 22.5 Å². The van der Waals surface area contributed by atoms with Gasteiger partial charge in [0.1, 0.15) is 23.1 Å². The van der Waals surface area contributed by atoms with Gasteiger partial charge in [-0.05, 0) is 31.0 Å². The van der Waals surface area contributed by atoms with E-state index in [2.05, 4.69) is 9.97 Å². The van der Waals surface area contributed by atoms with E-state index in [1.54, 1.807) is 18.5 Å². The van der Waals surface area contributed by atoms with E-state index >= 15 is 0 Å². The van der Waals surface area contributed by atoms with Crippen LogP contribution in [0, 0.1) is 11.6 Å². The minimum atomic E-state index is -0.733. The molecule has 5 nitrogen and oxygen atoms in total. The number of halogens is 3. The minimum absolute atomic E-state index is 0.0152. The molecular formula is C20H17ClF2N4O. The molecule has 144 valence electrons. The third-order valence-electron chi connectivity index (χ3n) is 4.86. The summed E-state index contributed by atoms with van der Waals surface area (Å²) in [6.07, 6.45) is 6.38. The van der Waals surface area contributed by atoms with Crippen LogP contribution in [-0.4, -0.2) is 39.3 Å². The fourth-order valence-electron chi connectivity index (χ4n) is 3.48. The molecule has 0 radical (unpaired) electrons. The van der Waals surface area contributed by atoms with Crippen molar-refractivity contribution in [3.05, 3.63) is 59.5 Å². The Labute approximate surface area is 165 Å². The highest BCUT2D eigenvalue weighted by Crippen LogP contribution is 2.36. The van der Waals surface area contributed by atoms with Crippen molar-refractivity contribution in [3.8, 4) is 22.5 Å². The molecule has 1 aromatic carbocycles. The van der Waals surface area contributed by atoms with Gasteiger partial charge < -0.3 is 10.0 Å². The first-order chi connectivity index (χ1) is 13.6. The third kappa shape index (κ3) is 3.43. The van der Waals surface area contributed by atoms with Crippen LogP contribution in [0.2, 0.25) is 5.02 Å². The molecule has 0 amide bonds. The summed E-state index contributed by atoms with van der Waals surface area (Å²) in [6, 6.07) is 4.95. The van der Waals surface area contributed by atoms with Gasteiger partial charge in [-0.3, -0.25) is 4.98 Å². The lowest BCUT2D eigenvalue weighted by atomic mass is 10.0. The van der Waals surface area contributed by atoms with Crippen LogP contribution < -0.4 is 4.90 Å². The predicted octanol–water partition coefficient (Wildman–Crippen LogP) is 4.10. The topological polar surface area (TPSA) is 62.1 Å². The van der Waals surface area contributed by atoms with Crippen LogP contribution in [0.15, 0.2) is 42.9 Å². The van der Waals surface area contributed by atoms with Crippen LogP contribution in [0.1, 0.15) is 12.8 Å². The summed E-state index contributed by atoms with van der Waals surface area (Å²) in [5.41, 5.74) is 1.31. The van der Waals surface area contributed by atoms with Gasteiger partial charge in [0.2, 0.25) is 0 Å². The Hall–Kier alpha value is -2.64. The molecule has 0 aliphatic carbocycles. The van der Waals surface area contributed by atoms with Crippen molar-refractivity contribution in [3.63, 3.8) is 0 Å². The molecule has 0 bridgehead atoms. The lowest BCUT2D eigenvalue weighted by Crippen LogP contribution is -2.32. The Morgan fingerprint density at radius 2 is 2.00 bits per heavy atom. The summed E-state index contributed by atoms with van der Waals surface area (Å²) in [4.78, 5) is 15.1. The van der Waals surface area contributed by atoms with Crippen molar-refractivity contribution >= 4 is 17.4 Å². The summed E-state index contributed by atoms with van der Waals surface area (Å²) in [6.45, 7) is 0.759. The molecule has 1 fully saturated rings. The smallest absolute Gasteiger partial charge is 0.148 e. The third-order valence-corrected chi connectivity index (χ3v) is 5.16. The van der Waals surface area contributed by atoms with E-state index < -0.39 is 11.6 Å². The molecule has 0 saturated carbocycles. The molecule has 1 atom stereocenters. The van der Waals surface area contributed by atoms with Crippen LogP contribution >= 0.6 is 11.6 Å². The summed E-state index contributed by atoms with van der Waals surface area (Å²) < 4.78 is 27.8. The van der Waals surface area contributed by atoms with Crippen molar-refractivity contribution in [2.24, 2.45) is 0 Å². The average Bonchev–Trinajstić information content (AvgIpc) is 3.17. The monoisotopic (exact) mass is 402 g/mol. The number of aliphatic hydroxyl groups is 1. The minimum Gasteiger partial charge on any atom is -0.394 e. The van der Waals surface area contributed by atoms with Crippen molar-refractivity contribution in [2.45, 2.75) is 18.9 Å². The Kier molecular flexibility index (Phi) is 5.19. The standard InChI is InChI=1S/C20H17ClF2N4O/c21-16-9-24-6-5-14(16)20-19(15-4-3-12(22)8-17(15)23)25-10-18(26-20)27-7-1-2-13(27)11-28/h3-6,8-10,13,28H,1-2,7,11H2/t13-/m0/s1. The predicted molar refractivity (Wildman–Crippen MR) is 103 cm³/mol. The van der Waals surface area contributed by atoms with E-state index in [9.17, 15) is 13.9 Å². The highest BCUT2D eigenvalue weighted by Gasteiger charge is 2.27. The summed E-state index contributed by atoms with van der Waals surface area (Å²) >= 11 is 6.31. The molecule has 1 N–H and O–H groups in total. The van der Waals surface area contributed by atoms with Gasteiger partial charge in [0.15, 0.2) is 0 Å². The molecule has 8 heteroatoms. The number of anilines is 1. The van der Waals surface area contributed by atoms with Crippen LogP contribution in [0.4, 0.5) is 14.6 Å². The van der Waals surface area contributed by atoms with E-state index in [-0.39, 0.29) is 23.9 Å². The maximum Gasteiger partial charge on any atom is 0.148 e. The van der Waals surface area contributed by atoms with Crippen molar-refractivity contribution in [2.75, 3.05) is 18.1 Å². The first kappa shape index (κ1) is 18.7. The van der Waals surface area contributed by atoms with Gasteiger partial charge in [-0.15, -0.1) is 0 Å². The summed E-state index contributed by atoms with van der Waals surface area (Å²) in [5.74, 6) is -0.828. The molecule has 3 heterocycles. The largest absolute Gasteiger partial charge is 0.394 e. The maximum absolute atomic E-state index is 14.5. The second kappa shape index (κ2) is 7.77. The second-order valence-corrected chi connectivity index (χ2v) is 6.98. The quantitative estimate of drug-likeness (QED) is 0.712. The molecule has 3 aromatic rings. The first-order valence-electron chi connectivity index (χ1n) is 8.88. The van der Waals surface area contributed by atoms with Gasteiger partial charge in [0, 0.05) is 36.1 Å². The molecule has 1 aliphatic heterocycles. The SMILES string of the molecule is OC[C@@H]1CCCN1c1cnc(-c2ccc(F)cc2F)c(-c2ccncc2Cl)n1. The fourth-order valence-corrected chi connectivity index (χ4v) is 3.69. The van der Waals surface area contributed by atoms with E-state index in [0.29, 0.717) is 22.1 Å². The van der Waals surface area contributed by atoms with Gasteiger partial charge in [-0.1, -0.05) is 11.6 Å². The van der Waals surface area contributed by atoms with Gasteiger partial charge in [-0.25, -0.2) is 18.7 Å². The number of aromatic nitrogens is 3. The number of hydrogen-bond donors (Lipinski definition) is 1. The van der Waals surface area contributed by atoms with Gasteiger partial charge in [0.25, 0.3) is 0 Å². The Bertz CT molecular complexity index is 1020. The normalized spacial score (nSPS) is 16.6. The summed E-state index contributed by atoms with van der Waals surface area (Å²) in [5, 5.41) is 9.96. The lowest BCUT2D eigenvalue weighted by molar-refractivity contribution is 0.266. The molecule has 4 rings (SSSR count). The van der Waals surface area contributed by atoms with Crippen LogP contribution in [-0.2, 0) is 0 Å². The van der Waals surface area contributed by atoms with E-state index in [1.807, 2.05) is 4.90 Å². The summed E-state index contributed by atoms with van der Waals surface area (Å²) in [7, 11) is 0. The zero-order valence-corrected chi connectivity index (χ0v) is 15.6. The van der Waals surface area contributed by atoms with Crippen LogP contribution in [0.3, 0.4) is 0 Å². The van der Waals surface area contributed by atoms with Crippen LogP contribution in [0.5, 0.6) is 0 Å². The van der Waals surface area contributed by atoms with Crippen molar-refractivity contribution < 1.29 is 13.9 Å². The number of rotatable bonds is 4. The highest BCUT2D eigenvalue weighted by atomic mass is 35.5. The molecule has 28 heavy (non-hydrogen) atoms. The van der Waals surface area contributed by atoms with E-state index in [1.165, 1.54) is 18.3 Å². The molecule has 0 unspecified atom stereocenters. The zero-order valence-electron chi connectivity index (χ0n) is 14.8. The van der Waals surface area contributed by atoms with E-state index in [0.717, 1.165) is 25.5 Å². The molecular weight excluding hydrogens is 386 g/mol. The number of aliphatic hydroxyl groups excluding tert-OH is 1. The average molecular weight is 403 g/mol. The second-order valence-electron chi connectivity index (χ2n) is 6.58. The number of benzene rings is 1. The number of nitrogens with zero attached hydrogens (tertiary/aromatic N) is 4. The van der Waals surface area contributed by atoms with E-state index in [4.69, 9.17) is 16.6 Å². The van der Waals surface area contributed by atoms with Crippen molar-refractivity contribution in [1.82, 2.24) is 15.0 Å². The zero-order chi connectivity index (χ0) is 19.7. The van der Waals surface area contributed by atoms with Gasteiger partial charge >= 0.3 is 0 Å². The molecule has 0 spiro atoms. The lowest BCUT2D eigenvalue weighted by Gasteiger charge is -2.25. The molecule has 2 aromatic heterocycles. The molecule has 1 aliphatic rings. The Morgan fingerprint density at radius 1 is 1.14 bits per heavy atom. The van der Waals surface area contributed by atoms with Gasteiger partial charge in [-0.2, -0.15) is 0 Å². The Morgan fingerprint density at radius 3 is 2.75 bits per heavy atom. The first-order valence-corrected chi connectivity index (χ1v) is 9.26. The number of hydrogen-bond acceptors (Lipinski definition) is 5. The van der Waals surface area contributed by atoms with Crippen molar-refractivity contribution in [1.29, 1.82) is 0 Å². The number of pyridine rings is 1. The maximum atomic E-state index is 14.5. The Balaban J connectivity index is 1.90. The fraction of sp³-hybridized carbons (Fsp3) is 0.250. The highest BCUT2D eigenvalue weighted by molar-refractivity contribution is 6.33. The molecule has 1 saturated heterocycles. The van der Waals surface area contributed by atoms with Gasteiger partial charge in [0.05, 0.1) is 29.6 Å².